The van der Waals surface area contributed by atoms with Crippen molar-refractivity contribution in [1.29, 1.82) is 0 Å². The van der Waals surface area contributed by atoms with Crippen molar-refractivity contribution in [2.75, 3.05) is 6.61 Å². The first-order valence-corrected chi connectivity index (χ1v) is 19.8. The zero-order chi connectivity index (χ0) is 32.0. The standard InChI is InChI=1S/C42H55NOS2/c1-4-5-6-7-8-9-10-11-12-13-14-15-16-17-29-44-36-23-21-34(22-24-36)41-30-39(32(2)45-41)37-19-18-20-38(37)40-31-42(46-33(40)3)35-25-27-43-28-26-35/h21-28,30-31H,4-20,29H2,1-3H3. The molecule has 1 aliphatic rings. The molecule has 0 spiro atoms. The van der Waals surface area contributed by atoms with Gasteiger partial charge in [-0.05, 0) is 121 Å². The number of nitrogens with zero attached hydrogens (tertiary/aromatic N) is 1. The number of hydrogen-bond donors (Lipinski definition) is 0. The van der Waals surface area contributed by atoms with Gasteiger partial charge >= 0.3 is 0 Å². The van der Waals surface area contributed by atoms with Gasteiger partial charge in [0.2, 0.25) is 0 Å². The van der Waals surface area contributed by atoms with E-state index in [2.05, 4.69) is 74.3 Å². The fraction of sp³-hybridized carbons (Fsp3) is 0.500. The molecule has 0 bridgehead atoms. The Morgan fingerprint density at radius 1 is 0.587 bits per heavy atom. The Kier molecular flexibility index (Phi) is 14.0. The van der Waals surface area contributed by atoms with E-state index in [1.165, 1.54) is 138 Å². The van der Waals surface area contributed by atoms with Crippen LogP contribution < -0.4 is 4.74 Å². The summed E-state index contributed by atoms with van der Waals surface area (Å²) in [7, 11) is 0. The van der Waals surface area contributed by atoms with Crippen molar-refractivity contribution < 1.29 is 4.74 Å². The highest BCUT2D eigenvalue weighted by Crippen LogP contribution is 2.47. The zero-order valence-corrected chi connectivity index (χ0v) is 30.3. The van der Waals surface area contributed by atoms with Crippen molar-refractivity contribution in [2.45, 2.75) is 130 Å². The summed E-state index contributed by atoms with van der Waals surface area (Å²) in [5.41, 5.74) is 8.54. The minimum Gasteiger partial charge on any atom is -0.494 e. The third kappa shape index (κ3) is 9.91. The summed E-state index contributed by atoms with van der Waals surface area (Å²) in [6.07, 6.45) is 26.7. The third-order valence-electron chi connectivity index (χ3n) is 9.57. The van der Waals surface area contributed by atoms with Crippen LogP contribution in [0.25, 0.3) is 32.0 Å². The van der Waals surface area contributed by atoms with Crippen LogP contribution in [0.1, 0.15) is 137 Å². The molecule has 0 saturated carbocycles. The number of unbranched alkanes of at least 4 members (excludes halogenated alkanes) is 13. The predicted octanol–water partition coefficient (Wildman–Crippen LogP) is 14.1. The summed E-state index contributed by atoms with van der Waals surface area (Å²) in [5.74, 6) is 0.991. The quantitative estimate of drug-likeness (QED) is 0.0886. The summed E-state index contributed by atoms with van der Waals surface area (Å²) in [6.45, 7) is 7.69. The molecule has 4 aromatic rings. The van der Waals surface area contributed by atoms with Gasteiger partial charge in [0.1, 0.15) is 5.75 Å². The van der Waals surface area contributed by atoms with Crippen molar-refractivity contribution >= 4 is 33.8 Å². The molecule has 3 heterocycles. The number of aryl methyl sites for hydroxylation is 2. The minimum absolute atomic E-state index is 0.821. The first kappa shape index (κ1) is 34.6. The van der Waals surface area contributed by atoms with E-state index >= 15 is 0 Å². The van der Waals surface area contributed by atoms with Crippen molar-refractivity contribution in [3.05, 3.63) is 81.8 Å². The van der Waals surface area contributed by atoms with Gasteiger partial charge in [0.05, 0.1) is 6.61 Å². The number of ether oxygens (including phenoxy) is 1. The summed E-state index contributed by atoms with van der Waals surface area (Å²) in [5, 5.41) is 0. The maximum atomic E-state index is 6.12. The van der Waals surface area contributed by atoms with Crippen molar-refractivity contribution in [3.63, 3.8) is 0 Å². The molecule has 1 aromatic carbocycles. The van der Waals surface area contributed by atoms with Gasteiger partial charge in [-0.2, -0.15) is 0 Å². The second-order valence-electron chi connectivity index (χ2n) is 13.2. The topological polar surface area (TPSA) is 22.1 Å². The molecule has 0 N–H and O–H groups in total. The first-order valence-electron chi connectivity index (χ1n) is 18.2. The predicted molar refractivity (Wildman–Crippen MR) is 203 cm³/mol. The normalized spacial score (nSPS) is 13.2. The number of rotatable bonds is 20. The lowest BCUT2D eigenvalue weighted by molar-refractivity contribution is 0.304. The van der Waals surface area contributed by atoms with Crippen LogP contribution >= 0.6 is 22.7 Å². The van der Waals surface area contributed by atoms with Crippen molar-refractivity contribution in [1.82, 2.24) is 4.98 Å². The monoisotopic (exact) mass is 653 g/mol. The Bertz CT molecular complexity index is 1490. The SMILES string of the molecule is CCCCCCCCCCCCCCCCOc1ccc(-c2cc(C3=C(c4cc(-c5ccncc5)sc4C)CCC3)c(C)s2)cc1. The van der Waals surface area contributed by atoms with Gasteiger partial charge in [-0.25, -0.2) is 0 Å². The lowest BCUT2D eigenvalue weighted by Crippen LogP contribution is -1.97. The Balaban J connectivity index is 1.06. The van der Waals surface area contributed by atoms with E-state index in [-0.39, 0.29) is 0 Å². The summed E-state index contributed by atoms with van der Waals surface area (Å²) < 4.78 is 6.12. The lowest BCUT2D eigenvalue weighted by atomic mass is 9.97. The van der Waals surface area contributed by atoms with E-state index in [0.29, 0.717) is 0 Å². The maximum Gasteiger partial charge on any atom is 0.119 e. The maximum absolute atomic E-state index is 6.12. The highest BCUT2D eigenvalue weighted by molar-refractivity contribution is 7.16. The minimum atomic E-state index is 0.821. The molecule has 0 saturated heterocycles. The molecule has 0 radical (unpaired) electrons. The van der Waals surface area contributed by atoms with Crippen molar-refractivity contribution in [3.8, 4) is 26.6 Å². The second-order valence-corrected chi connectivity index (χ2v) is 15.7. The Morgan fingerprint density at radius 2 is 1.04 bits per heavy atom. The number of benzene rings is 1. The highest BCUT2D eigenvalue weighted by Gasteiger charge is 2.23. The van der Waals surface area contributed by atoms with Crippen LogP contribution in [0.3, 0.4) is 0 Å². The van der Waals surface area contributed by atoms with E-state index in [1.54, 1.807) is 11.1 Å². The van der Waals surface area contributed by atoms with E-state index in [9.17, 15) is 0 Å². The fourth-order valence-corrected chi connectivity index (χ4v) is 9.01. The van der Waals surface area contributed by atoms with Crippen LogP contribution in [0.4, 0.5) is 0 Å². The number of thiophene rings is 2. The molecule has 2 nitrogen and oxygen atoms in total. The average Bonchev–Trinajstić information content (AvgIpc) is 3.81. The molecule has 0 atom stereocenters. The van der Waals surface area contributed by atoms with Crippen LogP contribution in [-0.4, -0.2) is 11.6 Å². The van der Waals surface area contributed by atoms with E-state index in [1.807, 2.05) is 35.1 Å². The first-order chi connectivity index (χ1) is 22.6. The molecule has 0 unspecified atom stereocenters. The van der Waals surface area contributed by atoms with Crippen LogP contribution in [0.5, 0.6) is 5.75 Å². The number of aromatic nitrogens is 1. The van der Waals surface area contributed by atoms with Gasteiger partial charge in [0.15, 0.2) is 0 Å². The molecule has 4 heteroatoms. The van der Waals surface area contributed by atoms with E-state index < -0.39 is 0 Å². The lowest BCUT2D eigenvalue weighted by Gasteiger charge is -2.08. The van der Waals surface area contributed by atoms with Gasteiger partial charge in [0.25, 0.3) is 0 Å². The van der Waals surface area contributed by atoms with E-state index in [0.717, 1.165) is 25.2 Å². The number of allylic oxidation sites excluding steroid dienone is 2. The fourth-order valence-electron chi connectivity index (χ4n) is 6.90. The molecule has 0 aliphatic heterocycles. The molecular weight excluding hydrogens is 599 g/mol. The van der Waals surface area contributed by atoms with Gasteiger partial charge in [-0.1, -0.05) is 90.4 Å². The van der Waals surface area contributed by atoms with E-state index in [4.69, 9.17) is 4.74 Å². The molecule has 246 valence electrons. The molecule has 0 fully saturated rings. The number of pyridine rings is 1. The summed E-state index contributed by atoms with van der Waals surface area (Å²) >= 11 is 3.83. The van der Waals surface area contributed by atoms with Crippen LogP contribution in [-0.2, 0) is 0 Å². The summed E-state index contributed by atoms with van der Waals surface area (Å²) in [4.78, 5) is 9.73. The Hall–Kier alpha value is -2.69. The third-order valence-corrected chi connectivity index (χ3v) is 11.8. The summed E-state index contributed by atoms with van der Waals surface area (Å²) in [6, 6.07) is 17.9. The molecule has 1 aliphatic carbocycles. The van der Waals surface area contributed by atoms with Crippen LogP contribution in [0, 0.1) is 13.8 Å². The van der Waals surface area contributed by atoms with Gasteiger partial charge in [-0.3, -0.25) is 4.98 Å². The van der Waals surface area contributed by atoms with Crippen molar-refractivity contribution in [2.24, 2.45) is 0 Å². The zero-order valence-electron chi connectivity index (χ0n) is 28.7. The molecule has 46 heavy (non-hydrogen) atoms. The molecule has 5 rings (SSSR count). The highest BCUT2D eigenvalue weighted by atomic mass is 32.1. The Morgan fingerprint density at radius 3 is 1.54 bits per heavy atom. The average molecular weight is 654 g/mol. The molecule has 0 amide bonds. The van der Waals surface area contributed by atoms with Crippen LogP contribution in [0.2, 0.25) is 0 Å². The number of hydrogen-bond acceptors (Lipinski definition) is 4. The van der Waals surface area contributed by atoms with Gasteiger partial charge < -0.3 is 4.74 Å². The van der Waals surface area contributed by atoms with Gasteiger partial charge in [-0.15, -0.1) is 22.7 Å². The van der Waals surface area contributed by atoms with Gasteiger partial charge in [0, 0.05) is 31.9 Å². The largest absolute Gasteiger partial charge is 0.494 e. The molecule has 3 aromatic heterocycles. The second kappa shape index (κ2) is 18.6. The van der Waals surface area contributed by atoms with Crippen LogP contribution in [0.15, 0.2) is 60.9 Å². The Labute approximate surface area is 287 Å². The molecular formula is C42H55NOS2. The smallest absolute Gasteiger partial charge is 0.119 e.